The predicted octanol–water partition coefficient (Wildman–Crippen LogP) is 4.30. The number of ketones is 1. The minimum atomic E-state index is -0.134. The number of hydrogen-bond acceptors (Lipinski definition) is 3. The van der Waals surface area contributed by atoms with Crippen molar-refractivity contribution in [2.45, 2.75) is 26.3 Å². The van der Waals surface area contributed by atoms with Crippen molar-refractivity contribution in [1.29, 1.82) is 0 Å². The summed E-state index contributed by atoms with van der Waals surface area (Å²) < 4.78 is 2.07. The number of imidazole rings is 1. The van der Waals surface area contributed by atoms with Gasteiger partial charge in [-0.05, 0) is 42.8 Å². The molecule has 0 saturated heterocycles. The highest BCUT2D eigenvalue weighted by atomic mass is 35.5. The van der Waals surface area contributed by atoms with E-state index in [1.165, 1.54) is 0 Å². The predicted molar refractivity (Wildman–Crippen MR) is 93.9 cm³/mol. The van der Waals surface area contributed by atoms with Crippen molar-refractivity contribution in [2.75, 3.05) is 5.73 Å². The molecule has 0 aliphatic rings. The summed E-state index contributed by atoms with van der Waals surface area (Å²) in [6.07, 6.45) is 3.94. The van der Waals surface area contributed by atoms with Gasteiger partial charge in [-0.15, -0.1) is 0 Å². The number of carbonyl (C=O) groups excluding carboxylic acids is 1. The Balaban J connectivity index is 2.09. The van der Waals surface area contributed by atoms with Gasteiger partial charge in [0.05, 0.1) is 17.4 Å². The molecule has 0 aliphatic carbocycles. The molecule has 0 unspecified atom stereocenters. The van der Waals surface area contributed by atoms with E-state index in [1.54, 1.807) is 36.7 Å². The van der Waals surface area contributed by atoms with Crippen molar-refractivity contribution in [1.82, 2.24) is 9.55 Å². The summed E-state index contributed by atoms with van der Waals surface area (Å²) in [5.74, 6) is -0.134. The lowest BCUT2D eigenvalue weighted by molar-refractivity contribution is 0.104. The second-order valence-corrected chi connectivity index (χ2v) is 5.96. The van der Waals surface area contributed by atoms with Gasteiger partial charge in [0, 0.05) is 22.8 Å². The number of aromatic nitrogens is 2. The van der Waals surface area contributed by atoms with Gasteiger partial charge in [0.1, 0.15) is 5.52 Å². The van der Waals surface area contributed by atoms with Gasteiger partial charge in [0.25, 0.3) is 0 Å². The SMILES string of the molecule is CCCCn1cnc2c(C(=O)c3ccc(Cl)cc3)c(N)ccc21. The number of nitrogens with two attached hydrogens (primary N) is 1. The van der Waals surface area contributed by atoms with Gasteiger partial charge in [-0.2, -0.15) is 0 Å². The van der Waals surface area contributed by atoms with Crippen molar-refractivity contribution in [3.8, 4) is 0 Å². The first-order chi connectivity index (χ1) is 11.1. The van der Waals surface area contributed by atoms with Crippen molar-refractivity contribution in [2.24, 2.45) is 0 Å². The molecule has 118 valence electrons. The summed E-state index contributed by atoms with van der Waals surface area (Å²) in [6.45, 7) is 3.03. The fourth-order valence-electron chi connectivity index (χ4n) is 2.64. The largest absolute Gasteiger partial charge is 0.398 e. The van der Waals surface area contributed by atoms with Crippen LogP contribution in [0, 0.1) is 0 Å². The summed E-state index contributed by atoms with van der Waals surface area (Å²) >= 11 is 5.89. The molecule has 0 aliphatic heterocycles. The first-order valence-corrected chi connectivity index (χ1v) is 8.03. The van der Waals surface area contributed by atoms with E-state index < -0.39 is 0 Å². The van der Waals surface area contributed by atoms with Crippen LogP contribution in [-0.4, -0.2) is 15.3 Å². The van der Waals surface area contributed by atoms with Gasteiger partial charge in [-0.25, -0.2) is 4.98 Å². The minimum Gasteiger partial charge on any atom is -0.398 e. The Morgan fingerprint density at radius 3 is 2.65 bits per heavy atom. The van der Waals surface area contributed by atoms with Crippen molar-refractivity contribution >= 4 is 34.1 Å². The Morgan fingerprint density at radius 2 is 1.96 bits per heavy atom. The van der Waals surface area contributed by atoms with E-state index in [1.807, 2.05) is 6.07 Å². The molecular weight excluding hydrogens is 310 g/mol. The van der Waals surface area contributed by atoms with Crippen molar-refractivity contribution in [3.63, 3.8) is 0 Å². The number of anilines is 1. The Morgan fingerprint density at radius 1 is 1.22 bits per heavy atom. The maximum absolute atomic E-state index is 12.8. The Hall–Kier alpha value is -2.33. The van der Waals surface area contributed by atoms with Crippen LogP contribution in [0.15, 0.2) is 42.7 Å². The smallest absolute Gasteiger partial charge is 0.197 e. The molecule has 0 atom stereocenters. The fourth-order valence-corrected chi connectivity index (χ4v) is 2.76. The third-order valence-electron chi connectivity index (χ3n) is 3.91. The van der Waals surface area contributed by atoms with Gasteiger partial charge in [-0.1, -0.05) is 24.9 Å². The van der Waals surface area contributed by atoms with Crippen molar-refractivity contribution < 1.29 is 4.79 Å². The number of rotatable bonds is 5. The number of aryl methyl sites for hydroxylation is 1. The monoisotopic (exact) mass is 327 g/mol. The molecule has 1 heterocycles. The molecule has 0 radical (unpaired) electrons. The number of hydrogen-bond donors (Lipinski definition) is 1. The second-order valence-electron chi connectivity index (χ2n) is 5.53. The van der Waals surface area contributed by atoms with Crippen LogP contribution in [-0.2, 0) is 6.54 Å². The van der Waals surface area contributed by atoms with E-state index >= 15 is 0 Å². The zero-order chi connectivity index (χ0) is 16.4. The van der Waals surface area contributed by atoms with E-state index in [2.05, 4.69) is 16.5 Å². The van der Waals surface area contributed by atoms with Gasteiger partial charge < -0.3 is 10.3 Å². The fraction of sp³-hybridized carbons (Fsp3) is 0.222. The number of fused-ring (bicyclic) bond motifs is 1. The standard InChI is InChI=1S/C18H18ClN3O/c1-2-3-10-22-11-21-17-15(22)9-8-14(20)16(17)18(23)12-4-6-13(19)7-5-12/h4-9,11H,2-3,10,20H2,1H3. The van der Waals surface area contributed by atoms with Crippen LogP contribution in [0.25, 0.3) is 11.0 Å². The number of nitrogens with zero attached hydrogens (tertiary/aromatic N) is 2. The zero-order valence-corrected chi connectivity index (χ0v) is 13.7. The quantitative estimate of drug-likeness (QED) is 0.561. The molecule has 3 rings (SSSR count). The minimum absolute atomic E-state index is 0.134. The molecule has 2 N–H and O–H groups in total. The number of benzene rings is 2. The van der Waals surface area contributed by atoms with Crippen LogP contribution in [0.5, 0.6) is 0 Å². The molecule has 5 heteroatoms. The summed E-state index contributed by atoms with van der Waals surface area (Å²) in [4.78, 5) is 17.3. The first-order valence-electron chi connectivity index (χ1n) is 7.65. The maximum atomic E-state index is 12.8. The number of unbranched alkanes of at least 4 members (excludes halogenated alkanes) is 1. The van der Waals surface area contributed by atoms with Crippen LogP contribution >= 0.6 is 11.6 Å². The van der Waals surface area contributed by atoms with Crippen LogP contribution in [0.1, 0.15) is 35.7 Å². The molecule has 0 bridgehead atoms. The summed E-state index contributed by atoms with van der Waals surface area (Å²) in [6, 6.07) is 10.5. The average molecular weight is 328 g/mol. The lowest BCUT2D eigenvalue weighted by Crippen LogP contribution is -2.07. The van der Waals surface area contributed by atoms with Crippen LogP contribution in [0.3, 0.4) is 0 Å². The van der Waals surface area contributed by atoms with E-state index in [-0.39, 0.29) is 5.78 Å². The Labute approximate surface area is 139 Å². The topological polar surface area (TPSA) is 60.9 Å². The van der Waals surface area contributed by atoms with Crippen LogP contribution in [0.2, 0.25) is 5.02 Å². The highest BCUT2D eigenvalue weighted by Gasteiger charge is 2.18. The van der Waals surface area contributed by atoms with Crippen molar-refractivity contribution in [3.05, 3.63) is 58.9 Å². The second kappa shape index (κ2) is 6.42. The number of nitrogen functional groups attached to an aromatic ring is 1. The summed E-state index contributed by atoms with van der Waals surface area (Å²) in [5, 5.41) is 0.594. The molecule has 1 aromatic heterocycles. The molecule has 0 spiro atoms. The number of carbonyl (C=O) groups is 1. The van der Waals surface area contributed by atoms with Crippen LogP contribution < -0.4 is 5.73 Å². The zero-order valence-electron chi connectivity index (χ0n) is 12.9. The van der Waals surface area contributed by atoms with Gasteiger partial charge in [0.15, 0.2) is 5.78 Å². The lowest BCUT2D eigenvalue weighted by Gasteiger charge is -2.08. The first kappa shape index (κ1) is 15.6. The summed E-state index contributed by atoms with van der Waals surface area (Å²) in [7, 11) is 0. The molecule has 0 saturated carbocycles. The average Bonchev–Trinajstić information content (AvgIpc) is 2.96. The molecule has 0 fully saturated rings. The lowest BCUT2D eigenvalue weighted by atomic mass is 10.0. The normalized spacial score (nSPS) is 11.0. The molecule has 3 aromatic rings. The van der Waals surface area contributed by atoms with Gasteiger partial charge in [-0.3, -0.25) is 4.79 Å². The third kappa shape index (κ3) is 2.94. The van der Waals surface area contributed by atoms with E-state index in [0.717, 1.165) is 24.9 Å². The molecule has 2 aromatic carbocycles. The van der Waals surface area contributed by atoms with Gasteiger partial charge in [0.2, 0.25) is 0 Å². The molecule has 0 amide bonds. The maximum Gasteiger partial charge on any atom is 0.197 e. The van der Waals surface area contributed by atoms with E-state index in [0.29, 0.717) is 27.4 Å². The Kier molecular flexibility index (Phi) is 4.35. The third-order valence-corrected chi connectivity index (χ3v) is 4.16. The van der Waals surface area contributed by atoms with Crippen LogP contribution in [0.4, 0.5) is 5.69 Å². The molecule has 4 nitrogen and oxygen atoms in total. The molecular formula is C18H18ClN3O. The Bertz CT molecular complexity index is 853. The highest BCUT2D eigenvalue weighted by molar-refractivity contribution is 6.30. The van der Waals surface area contributed by atoms with E-state index in [9.17, 15) is 4.79 Å². The summed E-state index contributed by atoms with van der Waals surface area (Å²) in [5.41, 5.74) is 9.11. The highest BCUT2D eigenvalue weighted by Crippen LogP contribution is 2.26. The van der Waals surface area contributed by atoms with E-state index in [4.69, 9.17) is 17.3 Å². The number of halogens is 1. The molecule has 23 heavy (non-hydrogen) atoms. The van der Waals surface area contributed by atoms with Gasteiger partial charge >= 0.3 is 0 Å².